The van der Waals surface area contributed by atoms with Gasteiger partial charge in [-0.1, -0.05) is 56.1 Å². The molecule has 1 saturated heterocycles. The molecule has 0 spiro atoms. The van der Waals surface area contributed by atoms with Crippen LogP contribution in [0.1, 0.15) is 52.1 Å². The lowest BCUT2D eigenvalue weighted by molar-refractivity contribution is 0.388. The van der Waals surface area contributed by atoms with Crippen LogP contribution in [0.4, 0.5) is 10.2 Å². The molecule has 5 rings (SSSR count). The van der Waals surface area contributed by atoms with Crippen LogP contribution in [0.25, 0.3) is 28.0 Å². The summed E-state index contributed by atoms with van der Waals surface area (Å²) < 4.78 is 16.2. The second kappa shape index (κ2) is 9.99. The van der Waals surface area contributed by atoms with Crippen LogP contribution in [0, 0.1) is 11.7 Å². The molecule has 0 bridgehead atoms. The minimum atomic E-state index is -0.569. The van der Waals surface area contributed by atoms with E-state index < -0.39 is 11.5 Å². The number of piperidine rings is 1. The Bertz CT molecular complexity index is 1560. The molecule has 1 fully saturated rings. The van der Waals surface area contributed by atoms with Gasteiger partial charge in [-0.25, -0.2) is 28.7 Å². The van der Waals surface area contributed by atoms with Gasteiger partial charge in [-0.05, 0) is 49.8 Å². The van der Waals surface area contributed by atoms with Gasteiger partial charge in [0.25, 0.3) is 0 Å². The highest BCUT2D eigenvalue weighted by atomic mass is 35.5. The summed E-state index contributed by atoms with van der Waals surface area (Å²) in [5.74, 6) is 0.394. The topological polar surface area (TPSA) is 76.8 Å². The minimum Gasteiger partial charge on any atom is -0.353 e. The van der Waals surface area contributed by atoms with Crippen molar-refractivity contribution in [3.8, 4) is 16.9 Å². The van der Waals surface area contributed by atoms with E-state index in [0.29, 0.717) is 28.5 Å². The zero-order valence-corrected chi connectivity index (χ0v) is 22.6. The van der Waals surface area contributed by atoms with Crippen molar-refractivity contribution in [2.75, 3.05) is 11.4 Å². The normalized spacial score (nSPS) is 18.1. The van der Waals surface area contributed by atoms with Crippen molar-refractivity contribution >= 4 is 40.1 Å². The van der Waals surface area contributed by atoms with Crippen LogP contribution in [0.3, 0.4) is 0 Å². The van der Waals surface area contributed by atoms with Crippen molar-refractivity contribution < 1.29 is 4.39 Å². The molecule has 0 radical (unpaired) electrons. The fourth-order valence-electron chi connectivity index (χ4n) is 4.95. The molecule has 4 heterocycles. The van der Waals surface area contributed by atoms with Gasteiger partial charge in [-0.2, -0.15) is 4.98 Å². The number of nitrogens with zero attached hydrogens (tertiary/aromatic N) is 6. The molecule has 3 aromatic heterocycles. The summed E-state index contributed by atoms with van der Waals surface area (Å²) in [4.78, 5) is 33.8. The van der Waals surface area contributed by atoms with Crippen LogP contribution in [-0.4, -0.2) is 37.1 Å². The largest absolute Gasteiger partial charge is 0.356 e. The summed E-state index contributed by atoms with van der Waals surface area (Å²) in [5.41, 5.74) is 1.02. The van der Waals surface area contributed by atoms with Crippen LogP contribution in [0.2, 0.25) is 10.2 Å². The Morgan fingerprint density at radius 3 is 2.57 bits per heavy atom. The van der Waals surface area contributed by atoms with Crippen molar-refractivity contribution in [1.29, 1.82) is 0 Å². The second-order valence-corrected chi connectivity index (χ2v) is 10.7. The van der Waals surface area contributed by atoms with E-state index in [9.17, 15) is 9.18 Å². The number of anilines is 1. The number of hydrogen-bond acceptors (Lipinski definition) is 6. The summed E-state index contributed by atoms with van der Waals surface area (Å²) in [6.07, 6.45) is 3.43. The van der Waals surface area contributed by atoms with Crippen molar-refractivity contribution in [2.24, 2.45) is 5.92 Å². The van der Waals surface area contributed by atoms with E-state index in [-0.39, 0.29) is 39.0 Å². The lowest BCUT2D eigenvalue weighted by Crippen LogP contribution is -2.43. The highest BCUT2D eigenvalue weighted by Gasteiger charge is 2.29. The van der Waals surface area contributed by atoms with E-state index in [1.54, 1.807) is 24.3 Å². The zero-order valence-electron chi connectivity index (χ0n) is 21.0. The van der Waals surface area contributed by atoms with Crippen LogP contribution in [-0.2, 0) is 0 Å². The predicted molar refractivity (Wildman–Crippen MR) is 145 cm³/mol. The first-order chi connectivity index (χ1) is 17.7. The fraction of sp³-hybridized carbons (Fsp3) is 0.370. The highest BCUT2D eigenvalue weighted by Crippen LogP contribution is 2.37. The Balaban J connectivity index is 1.90. The third kappa shape index (κ3) is 4.57. The smallest absolute Gasteiger partial charge is 0.353 e. The van der Waals surface area contributed by atoms with Crippen molar-refractivity contribution in [2.45, 2.75) is 52.5 Å². The maximum absolute atomic E-state index is 14.8. The van der Waals surface area contributed by atoms with Gasteiger partial charge in [0.15, 0.2) is 10.8 Å². The van der Waals surface area contributed by atoms with Crippen molar-refractivity contribution in [3.63, 3.8) is 0 Å². The molecule has 0 aliphatic carbocycles. The predicted octanol–water partition coefficient (Wildman–Crippen LogP) is 6.43. The van der Waals surface area contributed by atoms with Gasteiger partial charge in [0.1, 0.15) is 23.6 Å². The number of hydrogen-bond donors (Lipinski definition) is 0. The Hall–Kier alpha value is -3.10. The van der Waals surface area contributed by atoms with Crippen LogP contribution in [0.5, 0.6) is 0 Å². The first kappa shape index (κ1) is 25.5. The highest BCUT2D eigenvalue weighted by molar-refractivity contribution is 6.34. The number of halogens is 3. The summed E-state index contributed by atoms with van der Waals surface area (Å²) in [6, 6.07) is 8.14. The minimum absolute atomic E-state index is 0.0709. The lowest BCUT2D eigenvalue weighted by Gasteiger charge is -2.38. The zero-order chi connectivity index (χ0) is 26.4. The molecular weight excluding hydrogens is 514 g/mol. The van der Waals surface area contributed by atoms with Crippen molar-refractivity contribution in [1.82, 2.24) is 24.5 Å². The molecule has 0 N–H and O–H groups in total. The van der Waals surface area contributed by atoms with Gasteiger partial charge in [-0.3, -0.25) is 0 Å². The number of aromatic nitrogens is 5. The summed E-state index contributed by atoms with van der Waals surface area (Å²) in [7, 11) is 0. The molecule has 192 valence electrons. The van der Waals surface area contributed by atoms with Crippen molar-refractivity contribution in [3.05, 3.63) is 68.8 Å². The van der Waals surface area contributed by atoms with E-state index in [1.165, 1.54) is 17.0 Å². The molecule has 0 amide bonds. The van der Waals surface area contributed by atoms with Gasteiger partial charge < -0.3 is 4.90 Å². The third-order valence-electron chi connectivity index (χ3n) is 6.90. The molecule has 1 aromatic carbocycles. The molecule has 0 saturated carbocycles. The van der Waals surface area contributed by atoms with Crippen LogP contribution in [0.15, 0.2) is 41.5 Å². The Kier molecular flexibility index (Phi) is 6.89. The van der Waals surface area contributed by atoms with E-state index >= 15 is 0 Å². The first-order valence-electron chi connectivity index (χ1n) is 12.3. The quantitative estimate of drug-likeness (QED) is 0.277. The van der Waals surface area contributed by atoms with Gasteiger partial charge >= 0.3 is 5.69 Å². The average molecular weight is 541 g/mol. The molecule has 10 heteroatoms. The van der Waals surface area contributed by atoms with Crippen LogP contribution >= 0.6 is 23.2 Å². The van der Waals surface area contributed by atoms with E-state index in [2.05, 4.69) is 33.7 Å². The second-order valence-electron chi connectivity index (χ2n) is 9.96. The molecular formula is C27H27Cl2FN6O. The molecule has 7 nitrogen and oxygen atoms in total. The SMILES string of the molecule is CC(C)c1ncnc(Cl)c1-n1c(=O)nc(N2C[C@@H](C)CC[C@@H]2C)c2cc(Cl)c(-c3ccccc3F)nc21. The monoisotopic (exact) mass is 540 g/mol. The lowest BCUT2D eigenvalue weighted by atomic mass is 9.95. The summed E-state index contributed by atoms with van der Waals surface area (Å²) in [6.45, 7) is 8.93. The average Bonchev–Trinajstić information content (AvgIpc) is 2.86. The van der Waals surface area contributed by atoms with Crippen LogP contribution < -0.4 is 10.6 Å². The van der Waals surface area contributed by atoms with E-state index in [0.717, 1.165) is 19.4 Å². The van der Waals surface area contributed by atoms with E-state index in [1.807, 2.05) is 13.8 Å². The van der Waals surface area contributed by atoms with Gasteiger partial charge in [-0.15, -0.1) is 0 Å². The maximum Gasteiger partial charge on any atom is 0.356 e. The maximum atomic E-state index is 14.8. The van der Waals surface area contributed by atoms with Gasteiger partial charge in [0.05, 0.1) is 21.8 Å². The molecule has 37 heavy (non-hydrogen) atoms. The number of benzene rings is 1. The van der Waals surface area contributed by atoms with Gasteiger partial charge in [0.2, 0.25) is 0 Å². The first-order valence-corrected chi connectivity index (χ1v) is 13.1. The van der Waals surface area contributed by atoms with E-state index in [4.69, 9.17) is 28.2 Å². The number of fused-ring (bicyclic) bond motifs is 1. The molecule has 1 aliphatic heterocycles. The molecule has 4 aromatic rings. The number of rotatable bonds is 4. The Labute approximate surface area is 224 Å². The summed E-state index contributed by atoms with van der Waals surface area (Å²) >= 11 is 13.3. The third-order valence-corrected chi connectivity index (χ3v) is 7.46. The Morgan fingerprint density at radius 1 is 1.08 bits per heavy atom. The molecule has 0 unspecified atom stereocenters. The number of pyridine rings is 1. The standard InChI is InChI=1S/C27H27Cl2FN6O/c1-14(2)21-23(24(29)32-13-31-21)36-26-18(11-19(28)22(33-26)17-7-5-6-8-20(17)30)25(34-27(36)37)35-12-15(3)9-10-16(35)4/h5-8,11,13-16H,9-10,12H2,1-4H3/t15-,16-/m0/s1. The molecule has 1 aliphatic rings. The summed E-state index contributed by atoms with van der Waals surface area (Å²) in [5, 5.41) is 0.920. The molecule has 2 atom stereocenters. The van der Waals surface area contributed by atoms with Gasteiger partial charge in [0, 0.05) is 18.2 Å². The fourth-order valence-corrected chi connectivity index (χ4v) is 5.43. The Morgan fingerprint density at radius 2 is 1.84 bits per heavy atom.